The number of halogens is 2. The fraction of sp³-hybridized carbons (Fsp3) is 0.588. The molecule has 0 spiro atoms. The Morgan fingerprint density at radius 1 is 1.04 bits per heavy atom. The van der Waals surface area contributed by atoms with Crippen LogP contribution in [-0.4, -0.2) is 62.8 Å². The van der Waals surface area contributed by atoms with Crippen molar-refractivity contribution in [2.75, 3.05) is 39.3 Å². The number of hydrogen-bond donors (Lipinski definition) is 1. The third-order valence-corrected chi connectivity index (χ3v) is 6.82. The number of carbonyl (C=O) groups is 1. The maximum Gasteiger partial charge on any atom is 0.243 e. The molecule has 0 atom stereocenters. The van der Waals surface area contributed by atoms with Gasteiger partial charge in [-0.1, -0.05) is 0 Å². The number of carbonyl (C=O) groups excluding carboxylic acids is 1. The molecule has 26 heavy (non-hydrogen) atoms. The Labute approximate surface area is 160 Å². The number of hydrogen-bond acceptors (Lipinski definition) is 4. The van der Waals surface area contributed by atoms with Crippen LogP contribution in [0.1, 0.15) is 19.3 Å². The fourth-order valence-corrected chi connectivity index (χ4v) is 4.91. The van der Waals surface area contributed by atoms with Gasteiger partial charge < -0.3 is 10.2 Å². The van der Waals surface area contributed by atoms with Gasteiger partial charge in [0.1, 0.15) is 5.82 Å². The Morgan fingerprint density at radius 3 is 2.35 bits per heavy atom. The highest BCUT2D eigenvalue weighted by Crippen LogP contribution is 2.20. The van der Waals surface area contributed by atoms with Crippen LogP contribution in [0.15, 0.2) is 29.2 Å². The summed E-state index contributed by atoms with van der Waals surface area (Å²) in [5.74, 6) is -0.280. The van der Waals surface area contributed by atoms with Crippen LogP contribution in [-0.2, 0) is 14.8 Å². The summed E-state index contributed by atoms with van der Waals surface area (Å²) < 4.78 is 39.9. The second-order valence-corrected chi connectivity index (χ2v) is 8.50. The second-order valence-electron chi connectivity index (χ2n) is 6.56. The van der Waals surface area contributed by atoms with Crippen molar-refractivity contribution in [3.8, 4) is 0 Å². The highest BCUT2D eigenvalue weighted by atomic mass is 35.5. The minimum atomic E-state index is -3.66. The second kappa shape index (κ2) is 9.12. The summed E-state index contributed by atoms with van der Waals surface area (Å²) in [5.41, 5.74) is 0. The third kappa shape index (κ3) is 4.73. The molecule has 0 saturated carbocycles. The maximum absolute atomic E-state index is 13.0. The molecule has 0 aromatic heterocycles. The van der Waals surface area contributed by atoms with Crippen molar-refractivity contribution in [1.29, 1.82) is 0 Å². The average molecular weight is 406 g/mol. The summed E-state index contributed by atoms with van der Waals surface area (Å²) >= 11 is 0. The smallest absolute Gasteiger partial charge is 0.243 e. The van der Waals surface area contributed by atoms with Crippen molar-refractivity contribution in [3.05, 3.63) is 30.1 Å². The molecule has 0 radical (unpaired) electrons. The number of amides is 1. The van der Waals surface area contributed by atoms with E-state index in [-0.39, 0.29) is 35.7 Å². The summed E-state index contributed by atoms with van der Waals surface area (Å²) in [6.07, 6.45) is 2.29. The van der Waals surface area contributed by atoms with Crippen LogP contribution >= 0.6 is 12.4 Å². The zero-order valence-electron chi connectivity index (χ0n) is 14.6. The van der Waals surface area contributed by atoms with E-state index in [4.69, 9.17) is 0 Å². The quantitative estimate of drug-likeness (QED) is 0.826. The Kier molecular flexibility index (Phi) is 7.40. The predicted molar refractivity (Wildman–Crippen MR) is 99.2 cm³/mol. The van der Waals surface area contributed by atoms with Crippen LogP contribution in [0.5, 0.6) is 0 Å². The van der Waals surface area contributed by atoms with Gasteiger partial charge in [0, 0.05) is 32.1 Å². The van der Waals surface area contributed by atoms with Gasteiger partial charge in [-0.3, -0.25) is 4.79 Å². The predicted octanol–water partition coefficient (Wildman–Crippen LogP) is 1.47. The van der Waals surface area contributed by atoms with Gasteiger partial charge in [0.15, 0.2) is 0 Å². The largest absolute Gasteiger partial charge is 0.341 e. The number of rotatable bonds is 3. The maximum atomic E-state index is 13.0. The summed E-state index contributed by atoms with van der Waals surface area (Å²) in [4.78, 5) is 14.5. The number of nitrogens with one attached hydrogen (secondary N) is 1. The molecule has 1 N–H and O–H groups in total. The molecule has 146 valence electrons. The lowest BCUT2D eigenvalue weighted by atomic mass is 9.96. The minimum absolute atomic E-state index is 0. The van der Waals surface area contributed by atoms with Gasteiger partial charge in [0.2, 0.25) is 15.9 Å². The lowest BCUT2D eigenvalue weighted by Crippen LogP contribution is -2.43. The summed E-state index contributed by atoms with van der Waals surface area (Å²) in [7, 11) is -3.66. The topological polar surface area (TPSA) is 69.7 Å². The fourth-order valence-electron chi connectivity index (χ4n) is 3.44. The molecule has 0 aliphatic carbocycles. The van der Waals surface area contributed by atoms with E-state index >= 15 is 0 Å². The first-order valence-corrected chi connectivity index (χ1v) is 10.2. The molecule has 2 fully saturated rings. The highest BCUT2D eigenvalue weighted by molar-refractivity contribution is 7.89. The van der Waals surface area contributed by atoms with Gasteiger partial charge in [0.05, 0.1) is 4.90 Å². The van der Waals surface area contributed by atoms with Crippen molar-refractivity contribution in [1.82, 2.24) is 14.5 Å². The molecule has 0 unspecified atom stereocenters. The van der Waals surface area contributed by atoms with Crippen LogP contribution in [0, 0.1) is 11.7 Å². The third-order valence-electron chi connectivity index (χ3n) is 4.91. The molecule has 0 bridgehead atoms. The normalized spacial score (nSPS) is 20.3. The molecular formula is C17H25ClFN3O3S. The molecule has 9 heteroatoms. The Bertz CT molecular complexity index is 708. The number of nitrogens with zero attached hydrogens (tertiary/aromatic N) is 2. The van der Waals surface area contributed by atoms with Crippen LogP contribution < -0.4 is 5.32 Å². The van der Waals surface area contributed by atoms with Crippen molar-refractivity contribution in [2.45, 2.75) is 24.2 Å². The van der Waals surface area contributed by atoms with E-state index in [1.165, 1.54) is 16.4 Å². The van der Waals surface area contributed by atoms with Crippen LogP contribution in [0.2, 0.25) is 0 Å². The number of sulfonamides is 1. The van der Waals surface area contributed by atoms with Gasteiger partial charge in [-0.15, -0.1) is 12.4 Å². The summed E-state index contributed by atoms with van der Waals surface area (Å²) in [6.45, 7) is 3.35. The van der Waals surface area contributed by atoms with Crippen LogP contribution in [0.25, 0.3) is 0 Å². The summed E-state index contributed by atoms with van der Waals surface area (Å²) in [6, 6.07) is 4.87. The van der Waals surface area contributed by atoms with E-state index in [1.54, 1.807) is 4.90 Å². The van der Waals surface area contributed by atoms with Crippen molar-refractivity contribution in [2.24, 2.45) is 5.92 Å². The van der Waals surface area contributed by atoms with Gasteiger partial charge in [-0.2, -0.15) is 4.31 Å². The SMILES string of the molecule is Cl.O=C(C1CCNCC1)N1CCCN(S(=O)(=O)c2ccc(F)cc2)CC1. The van der Waals surface area contributed by atoms with Crippen LogP contribution in [0.4, 0.5) is 4.39 Å². The molecule has 3 rings (SSSR count). The van der Waals surface area contributed by atoms with Crippen LogP contribution in [0.3, 0.4) is 0 Å². The van der Waals surface area contributed by atoms with Crippen molar-refractivity contribution in [3.63, 3.8) is 0 Å². The Morgan fingerprint density at radius 2 is 1.69 bits per heavy atom. The lowest BCUT2D eigenvalue weighted by Gasteiger charge is -2.28. The first-order chi connectivity index (χ1) is 12.0. The van der Waals surface area contributed by atoms with Gasteiger partial charge in [-0.05, 0) is 56.6 Å². The molecular weight excluding hydrogens is 381 g/mol. The number of benzene rings is 1. The Hall–Kier alpha value is -1.22. The van der Waals surface area contributed by atoms with E-state index in [0.717, 1.165) is 38.1 Å². The average Bonchev–Trinajstić information content (AvgIpc) is 2.89. The molecule has 1 amide bonds. The molecule has 1 aromatic carbocycles. The van der Waals surface area contributed by atoms with Gasteiger partial charge in [-0.25, -0.2) is 12.8 Å². The molecule has 2 aliphatic heterocycles. The Balaban J connectivity index is 0.00000243. The van der Waals surface area contributed by atoms with Gasteiger partial charge in [0.25, 0.3) is 0 Å². The monoisotopic (exact) mass is 405 g/mol. The highest BCUT2D eigenvalue weighted by Gasteiger charge is 2.31. The molecule has 2 saturated heterocycles. The van der Waals surface area contributed by atoms with Gasteiger partial charge >= 0.3 is 0 Å². The van der Waals surface area contributed by atoms with Crippen molar-refractivity contribution >= 4 is 28.3 Å². The van der Waals surface area contributed by atoms with E-state index in [1.807, 2.05) is 0 Å². The zero-order valence-corrected chi connectivity index (χ0v) is 16.2. The van der Waals surface area contributed by atoms with Crippen molar-refractivity contribution < 1.29 is 17.6 Å². The molecule has 1 aromatic rings. The van der Waals surface area contributed by atoms with E-state index < -0.39 is 15.8 Å². The summed E-state index contributed by atoms with van der Waals surface area (Å²) in [5, 5.41) is 3.25. The first kappa shape index (κ1) is 21.1. The lowest BCUT2D eigenvalue weighted by molar-refractivity contribution is -0.136. The zero-order chi connectivity index (χ0) is 17.9. The first-order valence-electron chi connectivity index (χ1n) is 8.74. The van der Waals surface area contributed by atoms with E-state index in [9.17, 15) is 17.6 Å². The standard InChI is InChI=1S/C17H24FN3O3S.ClH/c18-15-2-4-16(5-3-15)25(23,24)21-11-1-10-20(12-13-21)17(22)14-6-8-19-9-7-14;/h2-5,14,19H,1,6-13H2;1H. The molecule has 6 nitrogen and oxygen atoms in total. The van der Waals surface area contributed by atoms with E-state index in [2.05, 4.69) is 5.32 Å². The molecule has 2 aliphatic rings. The minimum Gasteiger partial charge on any atom is -0.341 e. The van der Waals surface area contributed by atoms with E-state index in [0.29, 0.717) is 26.1 Å². The number of piperidine rings is 1. The molecule has 2 heterocycles.